The van der Waals surface area contributed by atoms with Gasteiger partial charge < -0.3 is 10.6 Å². The number of anilines is 1. The molecule has 0 spiro atoms. The first kappa shape index (κ1) is 20.0. The minimum atomic E-state index is -0.288. The van der Waals surface area contributed by atoms with Gasteiger partial charge in [0.05, 0.1) is 5.39 Å². The van der Waals surface area contributed by atoms with Gasteiger partial charge in [0.25, 0.3) is 0 Å². The van der Waals surface area contributed by atoms with Gasteiger partial charge in [-0.2, -0.15) is 0 Å². The van der Waals surface area contributed by atoms with E-state index in [0.29, 0.717) is 19.5 Å². The number of carbonyl (C=O) groups is 1. The van der Waals surface area contributed by atoms with Crippen LogP contribution in [0, 0.1) is 12.7 Å². The van der Waals surface area contributed by atoms with E-state index in [1.807, 2.05) is 18.2 Å². The Morgan fingerprint density at radius 2 is 1.83 bits per heavy atom. The number of nitrogens with zero attached hydrogens (tertiary/aromatic N) is 2. The summed E-state index contributed by atoms with van der Waals surface area (Å²) in [5.41, 5.74) is 3.10. The van der Waals surface area contributed by atoms with Crippen molar-refractivity contribution < 1.29 is 9.18 Å². The Morgan fingerprint density at radius 1 is 1.07 bits per heavy atom. The van der Waals surface area contributed by atoms with Crippen LogP contribution in [0.4, 0.5) is 10.2 Å². The first-order valence-electron chi connectivity index (χ1n) is 9.66. The van der Waals surface area contributed by atoms with Crippen LogP contribution in [0.3, 0.4) is 0 Å². The number of rotatable bonds is 7. The highest BCUT2D eigenvalue weighted by atomic mass is 32.1. The molecular weight excluding hydrogens is 399 g/mol. The van der Waals surface area contributed by atoms with Crippen LogP contribution in [0.2, 0.25) is 0 Å². The molecular formula is C23H21FN4OS. The van der Waals surface area contributed by atoms with Crippen molar-refractivity contribution in [3.63, 3.8) is 0 Å². The maximum Gasteiger partial charge on any atom is 0.222 e. The van der Waals surface area contributed by atoms with Crippen molar-refractivity contribution in [3.05, 3.63) is 77.2 Å². The summed E-state index contributed by atoms with van der Waals surface area (Å²) in [5.74, 6) is 0.362. The van der Waals surface area contributed by atoms with Crippen LogP contribution in [0.15, 0.2) is 60.9 Å². The zero-order valence-electron chi connectivity index (χ0n) is 16.5. The van der Waals surface area contributed by atoms with Crippen LogP contribution in [0.1, 0.15) is 16.9 Å². The molecule has 152 valence electrons. The summed E-state index contributed by atoms with van der Waals surface area (Å²) in [4.78, 5) is 23.1. The molecule has 2 aromatic carbocycles. The molecule has 0 saturated carbocycles. The summed E-state index contributed by atoms with van der Waals surface area (Å²) in [6.45, 7) is 2.91. The number of carbonyl (C=O) groups excluding carboxylic acids is 1. The molecule has 0 unspecified atom stereocenters. The largest absolute Gasteiger partial charge is 0.369 e. The lowest BCUT2D eigenvalue weighted by Gasteiger charge is -2.09. The minimum absolute atomic E-state index is 0.0816. The van der Waals surface area contributed by atoms with Crippen LogP contribution >= 0.6 is 11.3 Å². The van der Waals surface area contributed by atoms with E-state index in [-0.39, 0.29) is 11.7 Å². The zero-order valence-corrected chi connectivity index (χ0v) is 17.3. The van der Waals surface area contributed by atoms with E-state index < -0.39 is 0 Å². The fourth-order valence-electron chi connectivity index (χ4n) is 3.32. The number of nitrogens with one attached hydrogen (secondary N) is 2. The number of thiophene rings is 1. The van der Waals surface area contributed by atoms with Crippen molar-refractivity contribution in [1.29, 1.82) is 0 Å². The third kappa shape index (κ3) is 4.46. The minimum Gasteiger partial charge on any atom is -0.369 e. The van der Waals surface area contributed by atoms with Gasteiger partial charge in [-0.3, -0.25) is 4.79 Å². The zero-order chi connectivity index (χ0) is 20.9. The summed E-state index contributed by atoms with van der Waals surface area (Å²) in [6.07, 6.45) is 1.85. The Hall–Kier alpha value is -3.32. The average Bonchev–Trinajstić information content (AvgIpc) is 3.10. The highest BCUT2D eigenvalue weighted by Crippen LogP contribution is 2.40. The Labute approximate surface area is 178 Å². The highest BCUT2D eigenvalue weighted by molar-refractivity contribution is 7.19. The van der Waals surface area contributed by atoms with Crippen LogP contribution in [-0.2, 0) is 11.3 Å². The normalized spacial score (nSPS) is 10.9. The van der Waals surface area contributed by atoms with Crippen molar-refractivity contribution in [2.45, 2.75) is 19.9 Å². The molecule has 2 N–H and O–H groups in total. The van der Waals surface area contributed by atoms with Crippen LogP contribution in [0.5, 0.6) is 0 Å². The van der Waals surface area contributed by atoms with Crippen LogP contribution in [-0.4, -0.2) is 22.4 Å². The summed E-state index contributed by atoms with van der Waals surface area (Å²) >= 11 is 1.64. The molecule has 0 radical (unpaired) electrons. The first-order valence-corrected chi connectivity index (χ1v) is 10.5. The van der Waals surface area contributed by atoms with E-state index in [9.17, 15) is 9.18 Å². The smallest absolute Gasteiger partial charge is 0.222 e. The molecule has 2 heterocycles. The number of halogens is 1. The number of aromatic nitrogens is 2. The van der Waals surface area contributed by atoms with E-state index in [0.717, 1.165) is 32.7 Å². The number of benzene rings is 2. The summed E-state index contributed by atoms with van der Waals surface area (Å²) in [5, 5.41) is 7.13. The van der Waals surface area contributed by atoms with Crippen molar-refractivity contribution >= 4 is 33.3 Å². The van der Waals surface area contributed by atoms with E-state index in [1.165, 1.54) is 17.0 Å². The van der Waals surface area contributed by atoms with Gasteiger partial charge in [-0.15, -0.1) is 11.3 Å². The molecule has 30 heavy (non-hydrogen) atoms. The quantitative estimate of drug-likeness (QED) is 0.445. The van der Waals surface area contributed by atoms with Gasteiger partial charge in [0.1, 0.15) is 22.8 Å². The molecule has 0 aliphatic rings. The maximum absolute atomic E-state index is 13.0. The Balaban J connectivity index is 1.43. The van der Waals surface area contributed by atoms with Gasteiger partial charge in [0.2, 0.25) is 5.91 Å². The summed E-state index contributed by atoms with van der Waals surface area (Å²) in [6, 6.07) is 16.3. The second kappa shape index (κ2) is 9.00. The molecule has 4 aromatic rings. The summed E-state index contributed by atoms with van der Waals surface area (Å²) in [7, 11) is 0. The van der Waals surface area contributed by atoms with Gasteiger partial charge in [-0.05, 0) is 30.2 Å². The van der Waals surface area contributed by atoms with Crippen molar-refractivity contribution in [2.75, 3.05) is 11.9 Å². The lowest BCUT2D eigenvalue weighted by Crippen LogP contribution is -2.25. The second-order valence-corrected chi connectivity index (χ2v) is 8.08. The molecule has 0 aliphatic carbocycles. The Bertz CT molecular complexity index is 1160. The standard InChI is InChI=1S/C23H21FN4OS/c1-15-20(17-5-3-2-4-6-17)21-22(27-14-28-23(21)30-15)25-12-11-19(29)26-13-16-7-9-18(24)10-8-16/h2-10,14H,11-13H2,1H3,(H,26,29)(H,25,27,28). The van der Waals surface area contributed by atoms with E-state index in [4.69, 9.17) is 0 Å². The Morgan fingerprint density at radius 3 is 2.60 bits per heavy atom. The van der Waals surface area contributed by atoms with Gasteiger partial charge in [-0.25, -0.2) is 14.4 Å². The van der Waals surface area contributed by atoms with Gasteiger partial charge in [0, 0.05) is 30.0 Å². The molecule has 7 heteroatoms. The monoisotopic (exact) mass is 420 g/mol. The SMILES string of the molecule is Cc1sc2ncnc(NCCC(=O)NCc3ccc(F)cc3)c2c1-c1ccccc1. The third-order valence-corrected chi connectivity index (χ3v) is 5.79. The van der Waals surface area contributed by atoms with E-state index in [1.54, 1.807) is 29.8 Å². The fourth-order valence-corrected chi connectivity index (χ4v) is 4.33. The fraction of sp³-hybridized carbons (Fsp3) is 0.174. The highest BCUT2D eigenvalue weighted by Gasteiger charge is 2.16. The predicted molar refractivity (Wildman–Crippen MR) is 119 cm³/mol. The molecule has 5 nitrogen and oxygen atoms in total. The topological polar surface area (TPSA) is 66.9 Å². The van der Waals surface area contributed by atoms with Crippen molar-refractivity contribution in [3.8, 4) is 11.1 Å². The molecule has 0 saturated heterocycles. The summed E-state index contributed by atoms with van der Waals surface area (Å²) < 4.78 is 13.0. The number of hydrogen-bond donors (Lipinski definition) is 2. The molecule has 0 aliphatic heterocycles. The number of hydrogen-bond acceptors (Lipinski definition) is 5. The lowest BCUT2D eigenvalue weighted by molar-refractivity contribution is -0.121. The van der Waals surface area contributed by atoms with Gasteiger partial charge >= 0.3 is 0 Å². The van der Waals surface area contributed by atoms with Gasteiger partial charge in [-0.1, -0.05) is 42.5 Å². The number of amides is 1. The second-order valence-electron chi connectivity index (χ2n) is 6.88. The molecule has 0 bridgehead atoms. The molecule has 4 rings (SSSR count). The first-order chi connectivity index (χ1) is 14.6. The lowest BCUT2D eigenvalue weighted by atomic mass is 10.0. The Kier molecular flexibility index (Phi) is 5.99. The maximum atomic E-state index is 13.0. The molecule has 2 aromatic heterocycles. The molecule has 1 amide bonds. The van der Waals surface area contributed by atoms with Gasteiger partial charge in [0.15, 0.2) is 0 Å². The average molecular weight is 421 g/mol. The van der Waals surface area contributed by atoms with Crippen molar-refractivity contribution in [1.82, 2.24) is 15.3 Å². The molecule has 0 fully saturated rings. The van der Waals surface area contributed by atoms with Crippen LogP contribution in [0.25, 0.3) is 21.3 Å². The number of fused-ring (bicyclic) bond motifs is 1. The van der Waals surface area contributed by atoms with Crippen LogP contribution < -0.4 is 10.6 Å². The van der Waals surface area contributed by atoms with Crippen molar-refractivity contribution in [2.24, 2.45) is 0 Å². The number of aryl methyl sites for hydroxylation is 1. The third-order valence-electron chi connectivity index (χ3n) is 4.77. The van der Waals surface area contributed by atoms with E-state index in [2.05, 4.69) is 39.7 Å². The predicted octanol–water partition coefficient (Wildman–Crippen LogP) is 4.92. The molecule has 0 atom stereocenters. The van der Waals surface area contributed by atoms with E-state index >= 15 is 0 Å².